The Morgan fingerprint density at radius 1 is 1.20 bits per heavy atom. The molecule has 2 aliphatic rings. The van der Waals surface area contributed by atoms with Gasteiger partial charge in [-0.05, 0) is 61.2 Å². The number of pyridine rings is 1. The van der Waals surface area contributed by atoms with Crippen molar-refractivity contribution < 1.29 is 9.18 Å². The molecule has 0 radical (unpaired) electrons. The molecule has 5 nitrogen and oxygen atoms in total. The molecule has 0 amide bonds. The van der Waals surface area contributed by atoms with Gasteiger partial charge in [0.25, 0.3) is 0 Å². The normalized spacial score (nSPS) is 19.6. The van der Waals surface area contributed by atoms with Crippen LogP contribution in [0.4, 0.5) is 10.1 Å². The van der Waals surface area contributed by atoms with Crippen LogP contribution in [0.3, 0.4) is 0 Å². The van der Waals surface area contributed by atoms with E-state index in [4.69, 9.17) is 0 Å². The second kappa shape index (κ2) is 7.36. The van der Waals surface area contributed by atoms with Crippen molar-refractivity contribution in [3.8, 4) is 0 Å². The second-order valence-electron chi connectivity index (χ2n) is 8.39. The molecule has 1 saturated heterocycles. The summed E-state index contributed by atoms with van der Waals surface area (Å²) in [6, 6.07) is 8.37. The number of fused-ring (bicyclic) bond motifs is 2. The second-order valence-corrected chi connectivity index (χ2v) is 8.39. The average Bonchev–Trinajstić information content (AvgIpc) is 3.07. The highest BCUT2D eigenvalue weighted by Crippen LogP contribution is 2.30. The molecule has 1 N–H and O–H groups in total. The SMILES string of the molecule is Cc1cc(F)c2nc(C3=Cc4ccc(N5CCN[C@H](C)C5)cc4CCC3=O)cn2c1. The Kier molecular flexibility index (Phi) is 4.66. The Bertz CT molecular complexity index is 1180. The number of rotatable bonds is 2. The average molecular weight is 404 g/mol. The predicted octanol–water partition coefficient (Wildman–Crippen LogP) is 3.64. The van der Waals surface area contributed by atoms with Crippen LogP contribution in [0.1, 0.15) is 35.7 Å². The van der Waals surface area contributed by atoms with E-state index in [1.165, 1.54) is 17.3 Å². The molecule has 1 fully saturated rings. The molecule has 3 aromatic rings. The molecule has 154 valence electrons. The summed E-state index contributed by atoms with van der Waals surface area (Å²) >= 11 is 0. The number of Topliss-reactive ketones (excluding diaryl/α,β-unsaturated/α-hetero) is 1. The zero-order chi connectivity index (χ0) is 20.8. The van der Waals surface area contributed by atoms with E-state index in [1.54, 1.807) is 10.6 Å². The van der Waals surface area contributed by atoms with E-state index in [-0.39, 0.29) is 17.2 Å². The van der Waals surface area contributed by atoms with Crippen molar-refractivity contribution >= 4 is 28.8 Å². The number of anilines is 1. The summed E-state index contributed by atoms with van der Waals surface area (Å²) < 4.78 is 16.0. The van der Waals surface area contributed by atoms with Gasteiger partial charge < -0.3 is 14.6 Å². The van der Waals surface area contributed by atoms with Gasteiger partial charge in [0.2, 0.25) is 0 Å². The third-order valence-electron chi connectivity index (χ3n) is 6.00. The number of hydrogen-bond donors (Lipinski definition) is 1. The zero-order valence-corrected chi connectivity index (χ0v) is 17.3. The van der Waals surface area contributed by atoms with Gasteiger partial charge in [-0.25, -0.2) is 9.37 Å². The Balaban J connectivity index is 1.53. The molecule has 0 spiro atoms. The molecule has 0 saturated carbocycles. The fraction of sp³-hybridized carbons (Fsp3) is 0.333. The van der Waals surface area contributed by atoms with Gasteiger partial charge in [-0.15, -0.1) is 0 Å². The number of nitrogens with zero attached hydrogens (tertiary/aromatic N) is 3. The van der Waals surface area contributed by atoms with Gasteiger partial charge >= 0.3 is 0 Å². The number of benzene rings is 1. The van der Waals surface area contributed by atoms with Crippen LogP contribution in [0.5, 0.6) is 0 Å². The highest BCUT2D eigenvalue weighted by molar-refractivity contribution is 6.25. The molecule has 1 atom stereocenters. The number of aryl methyl sites for hydroxylation is 2. The molecule has 6 heteroatoms. The molecule has 5 rings (SSSR count). The maximum absolute atomic E-state index is 14.3. The van der Waals surface area contributed by atoms with Crippen LogP contribution in [-0.4, -0.2) is 40.8 Å². The molecular weight excluding hydrogens is 379 g/mol. The van der Waals surface area contributed by atoms with E-state index in [0.717, 1.165) is 30.8 Å². The number of carbonyl (C=O) groups is 1. The number of hydrogen-bond acceptors (Lipinski definition) is 4. The van der Waals surface area contributed by atoms with Gasteiger partial charge in [-0.1, -0.05) is 6.07 Å². The van der Waals surface area contributed by atoms with Crippen LogP contribution < -0.4 is 10.2 Å². The van der Waals surface area contributed by atoms with Crippen LogP contribution in [-0.2, 0) is 11.2 Å². The lowest BCUT2D eigenvalue weighted by Crippen LogP contribution is -2.49. The number of carbonyl (C=O) groups excluding carboxylic acids is 1. The first-order valence-corrected chi connectivity index (χ1v) is 10.5. The van der Waals surface area contributed by atoms with Gasteiger partial charge in [0.15, 0.2) is 17.2 Å². The smallest absolute Gasteiger partial charge is 0.173 e. The molecule has 3 heterocycles. The molecule has 0 unspecified atom stereocenters. The highest BCUT2D eigenvalue weighted by atomic mass is 19.1. The Hall–Kier alpha value is -2.99. The first-order valence-electron chi connectivity index (χ1n) is 10.5. The van der Waals surface area contributed by atoms with Crippen LogP contribution >= 0.6 is 0 Å². The quantitative estimate of drug-likeness (QED) is 0.709. The van der Waals surface area contributed by atoms with Gasteiger partial charge in [0.1, 0.15) is 0 Å². The monoisotopic (exact) mass is 404 g/mol. The first kappa shape index (κ1) is 19.0. The summed E-state index contributed by atoms with van der Waals surface area (Å²) in [6.07, 6.45) is 6.61. The molecule has 1 aromatic carbocycles. The summed E-state index contributed by atoms with van der Waals surface area (Å²) in [6.45, 7) is 6.97. The van der Waals surface area contributed by atoms with Gasteiger partial charge in [0.05, 0.1) is 5.69 Å². The Morgan fingerprint density at radius 2 is 2.07 bits per heavy atom. The summed E-state index contributed by atoms with van der Waals surface area (Å²) in [4.78, 5) is 19.7. The molecule has 2 aromatic heterocycles. The van der Waals surface area contributed by atoms with Crippen LogP contribution in [0.25, 0.3) is 17.3 Å². The van der Waals surface area contributed by atoms with Crippen molar-refractivity contribution in [1.29, 1.82) is 0 Å². The standard InChI is InChI=1S/C24H25FN4O/c1-15-9-21(25)24-27-22(14-29(24)12-15)20-11-18-3-5-19(10-17(18)4-6-23(20)30)28-8-7-26-16(2)13-28/h3,5,9-12,14,16,26H,4,6-8,13H2,1-2H3/t16-/m1/s1. The number of nitrogens with one attached hydrogen (secondary N) is 1. The summed E-state index contributed by atoms with van der Waals surface area (Å²) in [7, 11) is 0. The molecule has 0 bridgehead atoms. The number of piperazine rings is 1. The Labute approximate surface area is 175 Å². The van der Waals surface area contributed by atoms with E-state index in [1.807, 2.05) is 19.2 Å². The number of allylic oxidation sites excluding steroid dienone is 1. The van der Waals surface area contributed by atoms with E-state index in [2.05, 4.69) is 40.3 Å². The predicted molar refractivity (Wildman–Crippen MR) is 117 cm³/mol. The molecule has 1 aliphatic heterocycles. The van der Waals surface area contributed by atoms with Crippen LogP contribution in [0.2, 0.25) is 0 Å². The first-order chi connectivity index (χ1) is 14.5. The zero-order valence-electron chi connectivity index (χ0n) is 17.3. The van der Waals surface area contributed by atoms with Crippen molar-refractivity contribution in [3.63, 3.8) is 0 Å². The largest absolute Gasteiger partial charge is 0.369 e. The Morgan fingerprint density at radius 3 is 2.90 bits per heavy atom. The van der Waals surface area contributed by atoms with Gasteiger partial charge in [-0.2, -0.15) is 0 Å². The fourth-order valence-corrected chi connectivity index (χ4v) is 4.47. The maximum atomic E-state index is 14.3. The number of imidazole rings is 1. The lowest BCUT2D eigenvalue weighted by Gasteiger charge is -2.34. The van der Waals surface area contributed by atoms with E-state index in [0.29, 0.717) is 30.2 Å². The number of halogens is 1. The van der Waals surface area contributed by atoms with Crippen LogP contribution in [0, 0.1) is 12.7 Å². The van der Waals surface area contributed by atoms with Gasteiger partial charge in [-0.3, -0.25) is 4.79 Å². The summed E-state index contributed by atoms with van der Waals surface area (Å²) in [5, 5.41) is 3.47. The minimum absolute atomic E-state index is 0.0454. The van der Waals surface area contributed by atoms with Crippen molar-refractivity contribution in [2.24, 2.45) is 0 Å². The molecule has 30 heavy (non-hydrogen) atoms. The van der Waals surface area contributed by atoms with Crippen molar-refractivity contribution in [2.75, 3.05) is 24.5 Å². The van der Waals surface area contributed by atoms with Gasteiger partial charge in [0, 0.05) is 55.8 Å². The van der Waals surface area contributed by atoms with E-state index >= 15 is 0 Å². The number of ketones is 1. The van der Waals surface area contributed by atoms with E-state index in [9.17, 15) is 9.18 Å². The van der Waals surface area contributed by atoms with Crippen molar-refractivity contribution in [3.05, 3.63) is 64.9 Å². The molecule has 1 aliphatic carbocycles. The minimum atomic E-state index is -0.377. The highest BCUT2D eigenvalue weighted by Gasteiger charge is 2.22. The van der Waals surface area contributed by atoms with Crippen molar-refractivity contribution in [2.45, 2.75) is 32.7 Å². The summed E-state index contributed by atoms with van der Waals surface area (Å²) in [5.41, 5.74) is 5.55. The summed E-state index contributed by atoms with van der Waals surface area (Å²) in [5.74, 6) is -0.331. The lowest BCUT2D eigenvalue weighted by molar-refractivity contribution is -0.113. The number of aromatic nitrogens is 2. The maximum Gasteiger partial charge on any atom is 0.173 e. The fourth-order valence-electron chi connectivity index (χ4n) is 4.47. The van der Waals surface area contributed by atoms with Crippen LogP contribution in [0.15, 0.2) is 36.7 Å². The third-order valence-corrected chi connectivity index (χ3v) is 6.00. The van der Waals surface area contributed by atoms with Crippen molar-refractivity contribution in [1.82, 2.24) is 14.7 Å². The van der Waals surface area contributed by atoms with E-state index < -0.39 is 0 Å². The minimum Gasteiger partial charge on any atom is -0.369 e. The molecular formula is C24H25FN4O. The topological polar surface area (TPSA) is 49.6 Å². The lowest BCUT2D eigenvalue weighted by atomic mass is 10.0. The third kappa shape index (κ3) is 3.41.